The molecule has 0 aromatic heterocycles. The smallest absolute Gasteiger partial charge is 0.377 e. The molecular weight excluding hydrogens is 483 g/mol. The van der Waals surface area contributed by atoms with Crippen LogP contribution in [0.1, 0.15) is 136 Å². The second kappa shape index (κ2) is 26.9. The minimum absolute atomic E-state index is 0.130. The first-order valence-corrected chi connectivity index (χ1v) is 16.5. The summed E-state index contributed by atoms with van der Waals surface area (Å²) in [5.74, 6) is 1.19. The van der Waals surface area contributed by atoms with Crippen LogP contribution in [-0.2, 0) is 18.7 Å². The Bertz CT molecular complexity index is 494. The van der Waals surface area contributed by atoms with Crippen molar-refractivity contribution in [2.24, 2.45) is 0 Å². The molecule has 0 amide bonds. The highest BCUT2D eigenvalue weighted by molar-refractivity contribution is 7.99. The summed E-state index contributed by atoms with van der Waals surface area (Å²) >= 11 is 2.06. The summed E-state index contributed by atoms with van der Waals surface area (Å²) < 4.78 is 22.2. The van der Waals surface area contributed by atoms with Crippen molar-refractivity contribution in [3.8, 4) is 0 Å². The second-order valence-corrected chi connectivity index (χ2v) is 12.0. The monoisotopic (exact) mass is 537 g/mol. The number of thioether (sulfide) groups is 1. The zero-order valence-electron chi connectivity index (χ0n) is 22.8. The van der Waals surface area contributed by atoms with E-state index in [0.29, 0.717) is 18.3 Å². The van der Waals surface area contributed by atoms with Crippen LogP contribution < -0.4 is 0 Å². The van der Waals surface area contributed by atoms with E-state index in [-0.39, 0.29) is 12.7 Å². The van der Waals surface area contributed by atoms with Crippen LogP contribution in [0.5, 0.6) is 0 Å². The molecule has 0 rings (SSSR count). The van der Waals surface area contributed by atoms with Gasteiger partial charge in [0.1, 0.15) is 6.61 Å². The highest BCUT2D eigenvalue weighted by Gasteiger charge is 2.34. The first-order chi connectivity index (χ1) is 17.1. The van der Waals surface area contributed by atoms with Crippen molar-refractivity contribution in [1.82, 2.24) is 0 Å². The van der Waals surface area contributed by atoms with Gasteiger partial charge in [-0.3, -0.25) is 4.89 Å². The maximum atomic E-state index is 11.3. The van der Waals surface area contributed by atoms with Gasteiger partial charge < -0.3 is 4.74 Å². The molecule has 0 fully saturated rings. The number of carbonyl (C=O) groups excluding carboxylic acids is 1. The Morgan fingerprint density at radius 1 is 0.771 bits per heavy atom. The number of rotatable bonds is 27. The number of unbranched alkanes of at least 4 members (excludes halogenated alkanes) is 14. The average Bonchev–Trinajstić information content (AvgIpc) is 2.86. The van der Waals surface area contributed by atoms with Gasteiger partial charge in [-0.2, -0.15) is 21.8 Å². The molecule has 0 aromatic carbocycles. The van der Waals surface area contributed by atoms with E-state index in [0.717, 1.165) is 0 Å². The maximum Gasteiger partial charge on any atom is 0.639 e. The maximum absolute atomic E-state index is 11.3. The van der Waals surface area contributed by atoms with Crippen molar-refractivity contribution >= 4 is 25.5 Å². The van der Waals surface area contributed by atoms with Crippen molar-refractivity contribution in [1.29, 1.82) is 0 Å². The topological polar surface area (TPSA) is 82.1 Å². The quantitative estimate of drug-likeness (QED) is 0.0483. The number of ether oxygens (including phenoxy) is 1. The summed E-state index contributed by atoms with van der Waals surface area (Å²) in [5, 5.41) is 8.69. The van der Waals surface area contributed by atoms with Gasteiger partial charge in [-0.1, -0.05) is 110 Å². The van der Waals surface area contributed by atoms with Crippen molar-refractivity contribution in [2.75, 3.05) is 19.0 Å². The lowest BCUT2D eigenvalue weighted by Gasteiger charge is -2.24. The van der Waals surface area contributed by atoms with Gasteiger partial charge in [0.15, 0.2) is 0 Å². The first-order valence-electron chi connectivity index (χ1n) is 14.3. The highest BCUT2D eigenvalue weighted by Crippen LogP contribution is 2.26. The molecule has 35 heavy (non-hydrogen) atoms. The molecule has 0 spiro atoms. The molecule has 0 aliphatic rings. The highest BCUT2D eigenvalue weighted by atomic mass is 32.2. The second-order valence-electron chi connectivity index (χ2n) is 9.52. The molecule has 0 heterocycles. The van der Waals surface area contributed by atoms with Gasteiger partial charge >= 0.3 is 13.7 Å². The van der Waals surface area contributed by atoms with E-state index >= 15 is 0 Å². The van der Waals surface area contributed by atoms with Gasteiger partial charge in [0, 0.05) is 11.9 Å². The van der Waals surface area contributed by atoms with E-state index in [1.165, 1.54) is 115 Å². The molecule has 0 saturated heterocycles. The van der Waals surface area contributed by atoms with Gasteiger partial charge in [-0.15, -0.1) is 4.52 Å². The Balaban J connectivity index is 4.04. The number of hydrogen-bond donors (Lipinski definition) is 1. The summed E-state index contributed by atoms with van der Waals surface area (Å²) in [7, 11) is -2.64. The third-order valence-electron chi connectivity index (χ3n) is 6.30. The lowest BCUT2D eigenvalue weighted by atomic mass is 10.1. The Labute approximate surface area is 220 Å². The molecule has 8 heteroatoms. The summed E-state index contributed by atoms with van der Waals surface area (Å²) in [4.78, 5) is 14.3. The standard InChI is InChI=1S/C27H53O6PS/c1-4-6-8-10-11-12-13-14-15-17-19-24-35-26(21-18-16-9-7-5-2)25(3)31-22-20-23-32-34(30)27(28)33-29/h25-26H,4-24H2,1-3H3/p+1. The van der Waals surface area contributed by atoms with Gasteiger partial charge in [-0.25, -0.2) is 0 Å². The van der Waals surface area contributed by atoms with Gasteiger partial charge in [0.05, 0.1) is 6.10 Å². The normalized spacial score (nSPS) is 13.5. The van der Waals surface area contributed by atoms with Crippen molar-refractivity contribution in [2.45, 2.75) is 148 Å². The fraction of sp³-hybridized carbons (Fsp3) is 0.963. The van der Waals surface area contributed by atoms with E-state index in [9.17, 15) is 9.36 Å². The summed E-state index contributed by atoms with van der Waals surface area (Å²) in [6.07, 6.45) is 23.4. The fourth-order valence-electron chi connectivity index (χ4n) is 4.07. The number of carbonyl (C=O) groups is 1. The van der Waals surface area contributed by atoms with Crippen LogP contribution in [0.15, 0.2) is 0 Å². The molecule has 0 aliphatic heterocycles. The van der Waals surface area contributed by atoms with Crippen molar-refractivity contribution < 1.29 is 28.8 Å². The first kappa shape index (κ1) is 34.8. The number of hydrogen-bond acceptors (Lipinski definition) is 7. The molecule has 1 N–H and O–H groups in total. The fourth-order valence-corrected chi connectivity index (χ4v) is 5.90. The predicted molar refractivity (Wildman–Crippen MR) is 149 cm³/mol. The van der Waals surface area contributed by atoms with Gasteiger partial charge in [0.25, 0.3) is 0 Å². The van der Waals surface area contributed by atoms with Crippen LogP contribution in [-0.4, -0.2) is 41.3 Å². The molecule has 0 bridgehead atoms. The molecule has 208 valence electrons. The van der Waals surface area contributed by atoms with E-state index in [1.54, 1.807) is 0 Å². The van der Waals surface area contributed by atoms with Gasteiger partial charge in [-0.05, 0) is 36.5 Å². The predicted octanol–water partition coefficient (Wildman–Crippen LogP) is 9.92. The summed E-state index contributed by atoms with van der Waals surface area (Å²) in [5.41, 5.74) is -1.25. The third kappa shape index (κ3) is 22.7. The molecule has 3 unspecified atom stereocenters. The van der Waals surface area contributed by atoms with Crippen LogP contribution in [0.4, 0.5) is 4.79 Å². The summed E-state index contributed by atoms with van der Waals surface area (Å²) in [6.45, 7) is 7.28. The molecule has 6 nitrogen and oxygen atoms in total. The largest absolute Gasteiger partial charge is 0.639 e. The average molecular weight is 538 g/mol. The van der Waals surface area contributed by atoms with E-state index in [1.807, 2.05) is 0 Å². The molecule has 0 aromatic rings. The molecule has 0 radical (unpaired) electrons. The van der Waals surface area contributed by atoms with E-state index in [4.69, 9.17) is 14.5 Å². The van der Waals surface area contributed by atoms with Crippen LogP contribution >= 0.6 is 19.8 Å². The minimum atomic E-state index is -2.64. The lowest BCUT2D eigenvalue weighted by Crippen LogP contribution is -2.24. The van der Waals surface area contributed by atoms with Crippen molar-refractivity contribution in [3.05, 3.63) is 0 Å². The lowest BCUT2D eigenvalue weighted by molar-refractivity contribution is -0.168. The SMILES string of the molecule is CCCCCCCCCCCCCSC(CCCCCCC)C(C)OCCCO[P+](=O)C(=O)OO. The van der Waals surface area contributed by atoms with Crippen LogP contribution in [0.25, 0.3) is 0 Å². The van der Waals surface area contributed by atoms with Crippen molar-refractivity contribution in [3.63, 3.8) is 0 Å². The molecule has 0 aliphatic carbocycles. The van der Waals surface area contributed by atoms with E-state index < -0.39 is 13.7 Å². The molecule has 3 atom stereocenters. The van der Waals surface area contributed by atoms with Crippen LogP contribution in [0, 0.1) is 0 Å². The third-order valence-corrected chi connectivity index (χ3v) is 8.67. The summed E-state index contributed by atoms with van der Waals surface area (Å²) in [6, 6.07) is 0. The Morgan fingerprint density at radius 3 is 1.83 bits per heavy atom. The zero-order valence-corrected chi connectivity index (χ0v) is 24.6. The molecular formula is C27H54O6PS+. The Hall–Kier alpha value is -0.200. The van der Waals surface area contributed by atoms with Gasteiger partial charge in [0.2, 0.25) is 0 Å². The minimum Gasteiger partial charge on any atom is -0.377 e. The Kier molecular flexibility index (Phi) is 26.7. The van der Waals surface area contributed by atoms with Crippen LogP contribution in [0.2, 0.25) is 0 Å². The zero-order chi connectivity index (χ0) is 26.0. The Morgan fingerprint density at radius 2 is 1.29 bits per heavy atom. The van der Waals surface area contributed by atoms with Crippen LogP contribution in [0.3, 0.4) is 0 Å². The molecule has 0 saturated carbocycles. The van der Waals surface area contributed by atoms with E-state index in [2.05, 4.69) is 37.4 Å².